The fraction of sp³-hybridized carbons (Fsp3) is 0.417. The summed E-state index contributed by atoms with van der Waals surface area (Å²) in [6.07, 6.45) is -4.50. The van der Waals surface area contributed by atoms with Gasteiger partial charge in [0.2, 0.25) is 0 Å². The van der Waals surface area contributed by atoms with Crippen molar-refractivity contribution >= 4 is 21.8 Å². The number of nitrogens with zero attached hydrogens (tertiary/aromatic N) is 1. The molecule has 0 saturated heterocycles. The van der Waals surface area contributed by atoms with Gasteiger partial charge in [0.15, 0.2) is 0 Å². The molecule has 0 atom stereocenters. The van der Waals surface area contributed by atoms with Gasteiger partial charge in [-0.15, -0.1) is 0 Å². The molecule has 19 heavy (non-hydrogen) atoms. The lowest BCUT2D eigenvalue weighted by molar-refractivity contribution is -0.143. The predicted octanol–water partition coefficient (Wildman–Crippen LogP) is 4.00. The summed E-state index contributed by atoms with van der Waals surface area (Å²) in [5.74, 6) is -1.54. The first-order chi connectivity index (χ1) is 8.61. The molecule has 0 aromatic heterocycles. The topological polar surface area (TPSA) is 20.3 Å². The molecule has 7 heteroatoms. The quantitative estimate of drug-likeness (QED) is 0.761. The third-order valence-corrected chi connectivity index (χ3v) is 3.08. The molecule has 106 valence electrons. The highest BCUT2D eigenvalue weighted by atomic mass is 79.9. The summed E-state index contributed by atoms with van der Waals surface area (Å²) in [6.45, 7) is 1.57. The SMILES string of the molecule is CC(C)N(CC(F)(F)F)C(=O)c1cc(F)ccc1Br. The van der Waals surface area contributed by atoms with Gasteiger partial charge >= 0.3 is 6.18 Å². The van der Waals surface area contributed by atoms with Crippen LogP contribution in [0.15, 0.2) is 22.7 Å². The Morgan fingerprint density at radius 2 is 1.95 bits per heavy atom. The number of rotatable bonds is 3. The Hall–Kier alpha value is -1.11. The zero-order chi connectivity index (χ0) is 14.8. The van der Waals surface area contributed by atoms with Crippen LogP contribution in [0.1, 0.15) is 24.2 Å². The minimum absolute atomic E-state index is 0.127. The van der Waals surface area contributed by atoms with E-state index in [1.54, 1.807) is 0 Å². The van der Waals surface area contributed by atoms with E-state index in [2.05, 4.69) is 15.9 Å². The van der Waals surface area contributed by atoms with E-state index in [4.69, 9.17) is 0 Å². The molecule has 0 aliphatic heterocycles. The second kappa shape index (κ2) is 5.90. The van der Waals surface area contributed by atoms with Gasteiger partial charge in [-0.3, -0.25) is 4.79 Å². The maximum atomic E-state index is 13.1. The van der Waals surface area contributed by atoms with Gasteiger partial charge < -0.3 is 4.90 Å². The van der Waals surface area contributed by atoms with Gasteiger partial charge in [0, 0.05) is 10.5 Å². The van der Waals surface area contributed by atoms with Crippen LogP contribution in [-0.2, 0) is 0 Å². The van der Waals surface area contributed by atoms with Crippen molar-refractivity contribution in [3.05, 3.63) is 34.1 Å². The van der Waals surface area contributed by atoms with Crippen molar-refractivity contribution in [2.75, 3.05) is 6.54 Å². The number of alkyl halides is 3. The molecule has 0 N–H and O–H groups in total. The summed E-state index contributed by atoms with van der Waals surface area (Å²) in [7, 11) is 0. The molecule has 0 spiro atoms. The molecule has 0 fully saturated rings. The van der Waals surface area contributed by atoms with Crippen molar-refractivity contribution < 1.29 is 22.4 Å². The number of amides is 1. The molecule has 1 aromatic carbocycles. The van der Waals surface area contributed by atoms with Crippen LogP contribution in [-0.4, -0.2) is 29.6 Å². The third kappa shape index (κ3) is 4.49. The van der Waals surface area contributed by atoms with E-state index in [1.807, 2.05) is 0 Å². The van der Waals surface area contributed by atoms with Crippen molar-refractivity contribution in [2.45, 2.75) is 26.1 Å². The van der Waals surface area contributed by atoms with Crippen LogP contribution < -0.4 is 0 Å². The molecule has 0 bridgehead atoms. The Kier molecular flexibility index (Phi) is 4.95. The van der Waals surface area contributed by atoms with Gasteiger partial charge in [0.1, 0.15) is 12.4 Å². The minimum atomic E-state index is -4.50. The number of benzene rings is 1. The summed E-state index contributed by atoms with van der Waals surface area (Å²) in [4.78, 5) is 12.7. The molecule has 1 rings (SSSR count). The van der Waals surface area contributed by atoms with Crippen molar-refractivity contribution in [2.24, 2.45) is 0 Å². The molecular weight excluding hydrogens is 330 g/mol. The first-order valence-corrected chi connectivity index (χ1v) is 6.24. The summed E-state index contributed by atoms with van der Waals surface area (Å²) < 4.78 is 50.7. The number of carbonyl (C=O) groups is 1. The second-order valence-electron chi connectivity index (χ2n) is 4.27. The molecular formula is C12H12BrF4NO. The monoisotopic (exact) mass is 341 g/mol. The standard InChI is InChI=1S/C12H12BrF4NO/c1-7(2)18(6-12(15,16)17)11(19)9-5-8(14)3-4-10(9)13/h3-5,7H,6H2,1-2H3. The average molecular weight is 342 g/mol. The van der Waals surface area contributed by atoms with Gasteiger partial charge in [-0.25, -0.2) is 4.39 Å². The maximum Gasteiger partial charge on any atom is 0.406 e. The Balaban J connectivity index is 3.09. The lowest BCUT2D eigenvalue weighted by Gasteiger charge is -2.28. The fourth-order valence-electron chi connectivity index (χ4n) is 1.50. The summed E-state index contributed by atoms with van der Waals surface area (Å²) in [5.41, 5.74) is -0.127. The summed E-state index contributed by atoms with van der Waals surface area (Å²) in [6, 6.07) is 2.67. The molecule has 0 aliphatic carbocycles. The number of carbonyl (C=O) groups excluding carboxylic acids is 1. The molecule has 0 radical (unpaired) electrons. The predicted molar refractivity (Wildman–Crippen MR) is 66.3 cm³/mol. The molecule has 1 amide bonds. The van der Waals surface area contributed by atoms with Crippen molar-refractivity contribution in [3.63, 3.8) is 0 Å². The Morgan fingerprint density at radius 3 is 2.42 bits per heavy atom. The van der Waals surface area contributed by atoms with Gasteiger partial charge in [-0.1, -0.05) is 0 Å². The number of hydrogen-bond acceptors (Lipinski definition) is 1. The average Bonchev–Trinajstić information content (AvgIpc) is 2.27. The zero-order valence-electron chi connectivity index (χ0n) is 10.3. The van der Waals surface area contributed by atoms with Crippen LogP contribution in [0.3, 0.4) is 0 Å². The van der Waals surface area contributed by atoms with E-state index < -0.39 is 30.5 Å². The van der Waals surface area contributed by atoms with Gasteiger partial charge in [-0.05, 0) is 48.0 Å². The van der Waals surface area contributed by atoms with Crippen LogP contribution in [0.2, 0.25) is 0 Å². The van der Waals surface area contributed by atoms with E-state index >= 15 is 0 Å². The van der Waals surface area contributed by atoms with Gasteiger partial charge in [-0.2, -0.15) is 13.2 Å². The Bertz CT molecular complexity index is 473. The maximum absolute atomic E-state index is 13.1. The lowest BCUT2D eigenvalue weighted by Crippen LogP contribution is -2.43. The molecule has 0 saturated carbocycles. The number of halogens is 5. The first-order valence-electron chi connectivity index (χ1n) is 5.44. The van der Waals surface area contributed by atoms with Crippen LogP contribution in [0, 0.1) is 5.82 Å². The molecule has 0 aliphatic rings. The van der Waals surface area contributed by atoms with E-state index in [0.29, 0.717) is 4.90 Å². The Morgan fingerprint density at radius 1 is 1.37 bits per heavy atom. The van der Waals surface area contributed by atoms with Crippen molar-refractivity contribution in [3.8, 4) is 0 Å². The highest BCUT2D eigenvalue weighted by Crippen LogP contribution is 2.24. The van der Waals surface area contributed by atoms with E-state index in [1.165, 1.54) is 19.9 Å². The third-order valence-electron chi connectivity index (χ3n) is 2.39. The van der Waals surface area contributed by atoms with Crippen LogP contribution in [0.25, 0.3) is 0 Å². The summed E-state index contributed by atoms with van der Waals surface area (Å²) >= 11 is 3.03. The zero-order valence-corrected chi connectivity index (χ0v) is 11.8. The Labute approximate surface area is 116 Å². The second-order valence-corrected chi connectivity index (χ2v) is 5.12. The van der Waals surface area contributed by atoms with Crippen LogP contribution in [0.5, 0.6) is 0 Å². The molecule has 0 unspecified atom stereocenters. The van der Waals surface area contributed by atoms with Gasteiger partial charge in [0.05, 0.1) is 5.56 Å². The summed E-state index contributed by atoms with van der Waals surface area (Å²) in [5, 5.41) is 0. The van der Waals surface area contributed by atoms with E-state index in [0.717, 1.165) is 12.1 Å². The fourth-order valence-corrected chi connectivity index (χ4v) is 1.91. The number of hydrogen-bond donors (Lipinski definition) is 0. The molecule has 0 heterocycles. The first kappa shape index (κ1) is 15.9. The normalized spacial score (nSPS) is 11.8. The van der Waals surface area contributed by atoms with Crippen LogP contribution >= 0.6 is 15.9 Å². The van der Waals surface area contributed by atoms with Crippen molar-refractivity contribution in [1.29, 1.82) is 0 Å². The van der Waals surface area contributed by atoms with Crippen LogP contribution in [0.4, 0.5) is 17.6 Å². The van der Waals surface area contributed by atoms with Gasteiger partial charge in [0.25, 0.3) is 5.91 Å². The van der Waals surface area contributed by atoms with E-state index in [-0.39, 0.29) is 10.0 Å². The lowest BCUT2D eigenvalue weighted by atomic mass is 10.1. The highest BCUT2D eigenvalue weighted by molar-refractivity contribution is 9.10. The largest absolute Gasteiger partial charge is 0.406 e. The van der Waals surface area contributed by atoms with Crippen molar-refractivity contribution in [1.82, 2.24) is 4.90 Å². The smallest absolute Gasteiger partial charge is 0.327 e. The molecule has 2 nitrogen and oxygen atoms in total. The highest BCUT2D eigenvalue weighted by Gasteiger charge is 2.35. The minimum Gasteiger partial charge on any atom is -0.327 e. The van der Waals surface area contributed by atoms with E-state index in [9.17, 15) is 22.4 Å². The molecule has 1 aromatic rings.